The molecule has 6 heteroatoms. The number of anilines is 1. The predicted molar refractivity (Wildman–Crippen MR) is 79.7 cm³/mol. The van der Waals surface area contributed by atoms with E-state index in [1.807, 2.05) is 0 Å². The average Bonchev–Trinajstić information content (AvgIpc) is 3.14. The number of benzene rings is 1. The fraction of sp³-hybridized carbons (Fsp3) is 0.385. The third kappa shape index (κ3) is 2.09. The maximum absolute atomic E-state index is 5.54. The van der Waals surface area contributed by atoms with Crippen LogP contribution in [0.5, 0.6) is 0 Å². The van der Waals surface area contributed by atoms with Crippen LogP contribution in [0.2, 0.25) is 0 Å². The standard InChI is InChI=1S/C13H17NO3SSi/c1-15-19(16-2,17-3)13-9-14(13)12-8-10-6-4-5-7-11(10)18-12/h4-8,13H,9H2,1-3H3. The van der Waals surface area contributed by atoms with Crippen molar-refractivity contribution in [2.45, 2.75) is 5.67 Å². The molecule has 1 aromatic heterocycles. The van der Waals surface area contributed by atoms with Crippen LogP contribution < -0.4 is 4.90 Å². The minimum Gasteiger partial charge on any atom is -0.376 e. The van der Waals surface area contributed by atoms with Gasteiger partial charge in [-0.2, -0.15) is 0 Å². The van der Waals surface area contributed by atoms with Gasteiger partial charge in [0.25, 0.3) is 0 Å². The molecule has 1 aliphatic rings. The van der Waals surface area contributed by atoms with Gasteiger partial charge in [0.05, 0.1) is 5.00 Å². The van der Waals surface area contributed by atoms with E-state index in [9.17, 15) is 0 Å². The normalized spacial score (nSPS) is 19.1. The minimum absolute atomic E-state index is 0.237. The lowest BCUT2D eigenvalue weighted by Gasteiger charge is -2.24. The van der Waals surface area contributed by atoms with Gasteiger partial charge >= 0.3 is 8.80 Å². The van der Waals surface area contributed by atoms with Crippen molar-refractivity contribution >= 4 is 35.2 Å². The van der Waals surface area contributed by atoms with E-state index in [0.29, 0.717) is 0 Å². The monoisotopic (exact) mass is 295 g/mol. The van der Waals surface area contributed by atoms with Crippen molar-refractivity contribution in [3.63, 3.8) is 0 Å². The summed E-state index contributed by atoms with van der Waals surface area (Å²) in [5, 5.41) is 2.54. The smallest absolute Gasteiger partial charge is 0.376 e. The number of thiophene rings is 1. The number of fused-ring (bicyclic) bond motifs is 1. The summed E-state index contributed by atoms with van der Waals surface area (Å²) in [5.74, 6) is 0. The van der Waals surface area contributed by atoms with Gasteiger partial charge in [0.2, 0.25) is 0 Å². The largest absolute Gasteiger partial charge is 0.525 e. The maximum Gasteiger partial charge on any atom is 0.525 e. The number of hydrogen-bond acceptors (Lipinski definition) is 5. The second-order valence-electron chi connectivity index (χ2n) is 4.51. The quantitative estimate of drug-likeness (QED) is 0.626. The van der Waals surface area contributed by atoms with Gasteiger partial charge in [-0.3, -0.25) is 0 Å². The highest BCUT2D eigenvalue weighted by molar-refractivity contribution is 7.22. The Morgan fingerprint density at radius 3 is 2.47 bits per heavy atom. The summed E-state index contributed by atoms with van der Waals surface area (Å²) >= 11 is 1.80. The highest BCUT2D eigenvalue weighted by Crippen LogP contribution is 2.41. The van der Waals surface area contributed by atoms with Crippen molar-refractivity contribution in [2.24, 2.45) is 0 Å². The molecule has 19 heavy (non-hydrogen) atoms. The zero-order chi connectivity index (χ0) is 13.5. The molecule has 4 nitrogen and oxygen atoms in total. The topological polar surface area (TPSA) is 30.7 Å². The summed E-state index contributed by atoms with van der Waals surface area (Å²) in [7, 11) is 2.46. The lowest BCUT2D eigenvalue weighted by molar-refractivity contribution is 0.123. The third-order valence-corrected chi connectivity index (χ3v) is 7.74. The molecule has 2 aromatic rings. The Balaban J connectivity index is 1.86. The first-order valence-electron chi connectivity index (χ1n) is 6.15. The van der Waals surface area contributed by atoms with Gasteiger partial charge in [-0.15, -0.1) is 11.3 Å². The molecule has 0 amide bonds. The maximum atomic E-state index is 5.54. The highest BCUT2D eigenvalue weighted by atomic mass is 32.1. The van der Waals surface area contributed by atoms with Crippen LogP contribution in [0, 0.1) is 0 Å². The molecule has 102 valence electrons. The molecule has 1 atom stereocenters. The molecule has 3 rings (SSSR count). The molecule has 0 bridgehead atoms. The molecule has 1 fully saturated rings. The molecule has 2 heterocycles. The molecular formula is C13H17NO3SSi. The molecule has 1 aliphatic heterocycles. The number of rotatable bonds is 5. The van der Waals surface area contributed by atoms with E-state index in [0.717, 1.165) is 6.54 Å². The van der Waals surface area contributed by atoms with Gasteiger partial charge in [0.15, 0.2) is 0 Å². The first kappa shape index (κ1) is 13.1. The Hall–Kier alpha value is -0.923. The first-order chi connectivity index (χ1) is 9.24. The Bertz CT molecular complexity index is 543. The SMILES string of the molecule is CO[Si](OC)(OC)C1CN1c1cc2ccccc2s1. The number of nitrogens with zero attached hydrogens (tertiary/aromatic N) is 1. The summed E-state index contributed by atoms with van der Waals surface area (Å²) in [6.07, 6.45) is 0. The lowest BCUT2D eigenvalue weighted by Crippen LogP contribution is -2.50. The van der Waals surface area contributed by atoms with E-state index in [-0.39, 0.29) is 5.67 Å². The van der Waals surface area contributed by atoms with Crippen molar-refractivity contribution in [3.8, 4) is 0 Å². The summed E-state index contributed by atoms with van der Waals surface area (Å²) in [6.45, 7) is 0.939. The summed E-state index contributed by atoms with van der Waals surface area (Å²) < 4.78 is 17.9. The van der Waals surface area contributed by atoms with E-state index >= 15 is 0 Å². The zero-order valence-electron chi connectivity index (χ0n) is 11.3. The van der Waals surface area contributed by atoms with Gasteiger partial charge in [0.1, 0.15) is 5.67 Å². The lowest BCUT2D eigenvalue weighted by atomic mass is 10.3. The Kier molecular flexibility index (Phi) is 3.36. The fourth-order valence-electron chi connectivity index (χ4n) is 2.45. The Labute approximate surface area is 117 Å². The number of hydrogen-bond donors (Lipinski definition) is 0. The van der Waals surface area contributed by atoms with Crippen molar-refractivity contribution in [2.75, 3.05) is 32.8 Å². The first-order valence-corrected chi connectivity index (χ1v) is 8.76. The van der Waals surface area contributed by atoms with E-state index in [2.05, 4.69) is 35.2 Å². The fourth-order valence-corrected chi connectivity index (χ4v) is 5.93. The van der Waals surface area contributed by atoms with Crippen molar-refractivity contribution in [3.05, 3.63) is 30.3 Å². The van der Waals surface area contributed by atoms with Crippen LogP contribution in [-0.4, -0.2) is 42.3 Å². The predicted octanol–water partition coefficient (Wildman–Crippen LogP) is 2.51. The van der Waals surface area contributed by atoms with Crippen LogP contribution in [0.15, 0.2) is 30.3 Å². The van der Waals surface area contributed by atoms with Crippen molar-refractivity contribution in [1.82, 2.24) is 0 Å². The molecule has 0 N–H and O–H groups in total. The molecule has 0 aliphatic carbocycles. The van der Waals surface area contributed by atoms with Gasteiger partial charge in [-0.25, -0.2) is 0 Å². The van der Waals surface area contributed by atoms with Crippen LogP contribution in [0.3, 0.4) is 0 Å². The Morgan fingerprint density at radius 1 is 1.16 bits per heavy atom. The summed E-state index contributed by atoms with van der Waals surface area (Å²) in [4.78, 5) is 2.30. The van der Waals surface area contributed by atoms with E-state index in [1.165, 1.54) is 15.1 Å². The molecule has 1 unspecified atom stereocenters. The second kappa shape index (κ2) is 4.88. The van der Waals surface area contributed by atoms with Crippen LogP contribution in [0.25, 0.3) is 10.1 Å². The van der Waals surface area contributed by atoms with Crippen molar-refractivity contribution < 1.29 is 13.3 Å². The van der Waals surface area contributed by atoms with Gasteiger partial charge in [-0.1, -0.05) is 18.2 Å². The second-order valence-corrected chi connectivity index (χ2v) is 8.67. The molecule has 0 radical (unpaired) electrons. The summed E-state index contributed by atoms with van der Waals surface area (Å²) in [5.41, 5.74) is 0.237. The van der Waals surface area contributed by atoms with E-state index < -0.39 is 8.80 Å². The van der Waals surface area contributed by atoms with Crippen LogP contribution >= 0.6 is 11.3 Å². The molecular weight excluding hydrogens is 278 g/mol. The van der Waals surface area contributed by atoms with Gasteiger partial charge in [-0.05, 0) is 17.5 Å². The van der Waals surface area contributed by atoms with E-state index in [4.69, 9.17) is 13.3 Å². The third-order valence-electron chi connectivity index (χ3n) is 3.57. The van der Waals surface area contributed by atoms with E-state index in [1.54, 1.807) is 32.7 Å². The molecule has 0 spiro atoms. The van der Waals surface area contributed by atoms with Crippen LogP contribution in [0.1, 0.15) is 0 Å². The summed E-state index contributed by atoms with van der Waals surface area (Å²) in [6, 6.07) is 10.6. The van der Waals surface area contributed by atoms with Crippen molar-refractivity contribution in [1.29, 1.82) is 0 Å². The highest BCUT2D eigenvalue weighted by Gasteiger charge is 2.59. The minimum atomic E-state index is -2.55. The van der Waals surface area contributed by atoms with Gasteiger partial charge in [0, 0.05) is 32.6 Å². The molecule has 0 saturated carbocycles. The average molecular weight is 295 g/mol. The van der Waals surface area contributed by atoms with Gasteiger partial charge < -0.3 is 18.2 Å². The molecule has 1 aromatic carbocycles. The zero-order valence-corrected chi connectivity index (χ0v) is 13.1. The molecule has 1 saturated heterocycles. The van der Waals surface area contributed by atoms with Crippen LogP contribution in [0.4, 0.5) is 5.00 Å². The van der Waals surface area contributed by atoms with Crippen LogP contribution in [-0.2, 0) is 13.3 Å². The Morgan fingerprint density at radius 2 is 1.84 bits per heavy atom.